The van der Waals surface area contributed by atoms with Gasteiger partial charge in [0.15, 0.2) is 11.6 Å². The molecular weight excluding hydrogens is 211 g/mol. The van der Waals surface area contributed by atoms with Crippen LogP contribution in [-0.2, 0) is 4.79 Å². The SMILES string of the molecule is CCC(CC(=O)O)c1cccc(OC)c1F. The lowest BCUT2D eigenvalue weighted by atomic mass is 9.92. The number of rotatable bonds is 5. The molecule has 1 rings (SSSR count). The maximum Gasteiger partial charge on any atom is 0.303 e. The summed E-state index contributed by atoms with van der Waals surface area (Å²) in [5, 5.41) is 8.74. The zero-order valence-corrected chi connectivity index (χ0v) is 9.37. The molecule has 1 aromatic rings. The highest BCUT2D eigenvalue weighted by molar-refractivity contribution is 5.68. The summed E-state index contributed by atoms with van der Waals surface area (Å²) in [6.07, 6.45) is 0.511. The number of carbonyl (C=O) groups is 1. The Hall–Kier alpha value is -1.58. The molecule has 0 aromatic heterocycles. The molecule has 0 saturated carbocycles. The van der Waals surface area contributed by atoms with Crippen LogP contribution in [0.25, 0.3) is 0 Å². The van der Waals surface area contributed by atoms with E-state index >= 15 is 0 Å². The summed E-state index contributed by atoms with van der Waals surface area (Å²) < 4.78 is 18.7. The topological polar surface area (TPSA) is 46.5 Å². The third-order valence-electron chi connectivity index (χ3n) is 2.57. The largest absolute Gasteiger partial charge is 0.494 e. The molecule has 1 N–H and O–H groups in total. The fraction of sp³-hybridized carbons (Fsp3) is 0.417. The maximum atomic E-state index is 13.8. The fourth-order valence-electron chi connectivity index (χ4n) is 1.69. The van der Waals surface area contributed by atoms with E-state index in [1.165, 1.54) is 13.2 Å². The summed E-state index contributed by atoms with van der Waals surface area (Å²) in [4.78, 5) is 10.7. The second kappa shape index (κ2) is 5.49. The van der Waals surface area contributed by atoms with Crippen LogP contribution >= 0.6 is 0 Å². The van der Waals surface area contributed by atoms with Gasteiger partial charge in [-0.25, -0.2) is 4.39 Å². The standard InChI is InChI=1S/C12H15FO3/c1-3-8(7-11(14)15)9-5-4-6-10(16-2)12(9)13/h4-6,8H,3,7H2,1-2H3,(H,14,15). The monoisotopic (exact) mass is 226 g/mol. The van der Waals surface area contributed by atoms with Crippen LogP contribution in [0.4, 0.5) is 4.39 Å². The molecule has 0 radical (unpaired) electrons. The maximum absolute atomic E-state index is 13.8. The first-order valence-corrected chi connectivity index (χ1v) is 5.14. The molecule has 1 aromatic carbocycles. The Balaban J connectivity index is 3.04. The number of methoxy groups -OCH3 is 1. The van der Waals surface area contributed by atoms with Gasteiger partial charge in [-0.3, -0.25) is 4.79 Å². The van der Waals surface area contributed by atoms with E-state index in [1.54, 1.807) is 12.1 Å². The van der Waals surface area contributed by atoms with E-state index in [9.17, 15) is 9.18 Å². The summed E-state index contributed by atoms with van der Waals surface area (Å²) >= 11 is 0. The first-order valence-electron chi connectivity index (χ1n) is 5.14. The Labute approximate surface area is 93.9 Å². The van der Waals surface area contributed by atoms with E-state index in [0.29, 0.717) is 12.0 Å². The van der Waals surface area contributed by atoms with Crippen LogP contribution in [0.3, 0.4) is 0 Å². The average molecular weight is 226 g/mol. The smallest absolute Gasteiger partial charge is 0.303 e. The molecule has 0 aliphatic rings. The van der Waals surface area contributed by atoms with Gasteiger partial charge in [0.25, 0.3) is 0 Å². The molecular formula is C12H15FO3. The fourth-order valence-corrected chi connectivity index (χ4v) is 1.69. The third-order valence-corrected chi connectivity index (χ3v) is 2.57. The van der Waals surface area contributed by atoms with Gasteiger partial charge in [0.1, 0.15) is 0 Å². The second-order valence-electron chi connectivity index (χ2n) is 3.57. The number of halogens is 1. The number of carboxylic acids is 1. The van der Waals surface area contributed by atoms with Crippen molar-refractivity contribution in [1.29, 1.82) is 0 Å². The van der Waals surface area contributed by atoms with Gasteiger partial charge in [0, 0.05) is 0 Å². The number of hydrogen-bond acceptors (Lipinski definition) is 2. The molecule has 4 heteroatoms. The number of benzene rings is 1. The molecule has 88 valence electrons. The number of hydrogen-bond donors (Lipinski definition) is 1. The molecule has 0 bridgehead atoms. The summed E-state index contributed by atoms with van der Waals surface area (Å²) in [5.41, 5.74) is 0.407. The Bertz CT molecular complexity index is 377. The summed E-state index contributed by atoms with van der Waals surface area (Å²) in [7, 11) is 1.39. The quantitative estimate of drug-likeness (QED) is 0.839. The first-order chi connectivity index (χ1) is 7.60. The summed E-state index contributed by atoms with van der Waals surface area (Å²) in [6.45, 7) is 1.84. The minimum absolute atomic E-state index is 0.0689. The Kier molecular flexibility index (Phi) is 4.28. The van der Waals surface area contributed by atoms with E-state index in [0.717, 1.165) is 0 Å². The van der Waals surface area contributed by atoms with Crippen molar-refractivity contribution in [3.8, 4) is 5.75 Å². The molecule has 0 spiro atoms. The van der Waals surface area contributed by atoms with Crippen LogP contribution in [0.15, 0.2) is 18.2 Å². The zero-order valence-electron chi connectivity index (χ0n) is 9.37. The summed E-state index contributed by atoms with van der Waals surface area (Å²) in [6, 6.07) is 4.79. The second-order valence-corrected chi connectivity index (χ2v) is 3.57. The average Bonchev–Trinajstić information content (AvgIpc) is 2.26. The van der Waals surface area contributed by atoms with Gasteiger partial charge >= 0.3 is 5.97 Å². The zero-order chi connectivity index (χ0) is 12.1. The number of aliphatic carboxylic acids is 1. The number of carboxylic acid groups (broad SMARTS) is 1. The van der Waals surface area contributed by atoms with Crippen molar-refractivity contribution in [3.05, 3.63) is 29.6 Å². The van der Waals surface area contributed by atoms with Crippen molar-refractivity contribution in [2.45, 2.75) is 25.7 Å². The molecule has 16 heavy (non-hydrogen) atoms. The van der Waals surface area contributed by atoms with Crippen LogP contribution < -0.4 is 4.74 Å². The predicted molar refractivity (Wildman–Crippen MR) is 58.2 cm³/mol. The van der Waals surface area contributed by atoms with Gasteiger partial charge < -0.3 is 9.84 Å². The highest BCUT2D eigenvalue weighted by Gasteiger charge is 2.19. The highest BCUT2D eigenvalue weighted by Crippen LogP contribution is 2.30. The molecule has 0 saturated heterocycles. The molecule has 0 heterocycles. The predicted octanol–water partition coefficient (Wildman–Crippen LogP) is 2.80. The Morgan fingerprint density at radius 2 is 2.25 bits per heavy atom. The van der Waals surface area contributed by atoms with Crippen LogP contribution in [0, 0.1) is 5.82 Å². The van der Waals surface area contributed by atoms with Crippen molar-refractivity contribution >= 4 is 5.97 Å². The van der Waals surface area contributed by atoms with Crippen molar-refractivity contribution in [2.24, 2.45) is 0 Å². The van der Waals surface area contributed by atoms with Crippen molar-refractivity contribution in [1.82, 2.24) is 0 Å². The number of ether oxygens (including phenoxy) is 1. The Morgan fingerprint density at radius 3 is 2.75 bits per heavy atom. The molecule has 1 unspecified atom stereocenters. The molecule has 0 aliphatic carbocycles. The van der Waals surface area contributed by atoms with Gasteiger partial charge in [-0.05, 0) is 24.0 Å². The minimum Gasteiger partial charge on any atom is -0.494 e. The van der Waals surface area contributed by atoms with E-state index in [4.69, 9.17) is 9.84 Å². The van der Waals surface area contributed by atoms with E-state index in [2.05, 4.69) is 0 Å². The van der Waals surface area contributed by atoms with Gasteiger partial charge in [-0.2, -0.15) is 0 Å². The van der Waals surface area contributed by atoms with Gasteiger partial charge in [-0.1, -0.05) is 19.1 Å². The molecule has 0 aliphatic heterocycles. The molecule has 0 fully saturated rings. The van der Waals surface area contributed by atoms with E-state index in [1.807, 2.05) is 6.92 Å². The summed E-state index contributed by atoms with van der Waals surface area (Å²) in [5.74, 6) is -1.54. The lowest BCUT2D eigenvalue weighted by Crippen LogP contribution is -2.08. The molecule has 1 atom stereocenters. The van der Waals surface area contributed by atoms with Crippen LogP contribution in [0.5, 0.6) is 5.75 Å². The van der Waals surface area contributed by atoms with Gasteiger partial charge in [0.05, 0.1) is 13.5 Å². The van der Waals surface area contributed by atoms with Crippen molar-refractivity contribution < 1.29 is 19.0 Å². The normalized spacial score (nSPS) is 12.2. The Morgan fingerprint density at radius 1 is 1.56 bits per heavy atom. The molecule has 3 nitrogen and oxygen atoms in total. The van der Waals surface area contributed by atoms with Crippen LogP contribution in [0.1, 0.15) is 31.2 Å². The first kappa shape index (κ1) is 12.5. The van der Waals surface area contributed by atoms with Gasteiger partial charge in [0.2, 0.25) is 0 Å². The third kappa shape index (κ3) is 2.72. The lowest BCUT2D eigenvalue weighted by Gasteiger charge is -2.15. The lowest BCUT2D eigenvalue weighted by molar-refractivity contribution is -0.137. The van der Waals surface area contributed by atoms with Crippen molar-refractivity contribution in [2.75, 3.05) is 7.11 Å². The highest BCUT2D eigenvalue weighted by atomic mass is 19.1. The van der Waals surface area contributed by atoms with Crippen molar-refractivity contribution in [3.63, 3.8) is 0 Å². The van der Waals surface area contributed by atoms with Crippen LogP contribution in [0.2, 0.25) is 0 Å². The van der Waals surface area contributed by atoms with E-state index in [-0.39, 0.29) is 18.1 Å². The van der Waals surface area contributed by atoms with E-state index < -0.39 is 11.8 Å². The minimum atomic E-state index is -0.922. The van der Waals surface area contributed by atoms with Gasteiger partial charge in [-0.15, -0.1) is 0 Å². The van der Waals surface area contributed by atoms with Crippen LogP contribution in [-0.4, -0.2) is 18.2 Å². The molecule has 0 amide bonds.